The van der Waals surface area contributed by atoms with Crippen LogP contribution in [0.25, 0.3) is 17.0 Å². The highest BCUT2D eigenvalue weighted by molar-refractivity contribution is 5.92. The Labute approximate surface area is 204 Å². The van der Waals surface area contributed by atoms with Crippen molar-refractivity contribution in [2.75, 3.05) is 30.9 Å². The molecule has 9 nitrogen and oxygen atoms in total. The van der Waals surface area contributed by atoms with E-state index in [4.69, 9.17) is 9.97 Å². The van der Waals surface area contributed by atoms with Gasteiger partial charge in [0.1, 0.15) is 5.82 Å². The first-order valence-electron chi connectivity index (χ1n) is 11.8. The zero-order chi connectivity index (χ0) is 24.8. The zero-order valence-corrected chi connectivity index (χ0v) is 20.0. The number of nitrogens with zero attached hydrogens (tertiary/aromatic N) is 4. The average Bonchev–Trinajstić information content (AvgIpc) is 2.86. The standard InChI is InChI=1S/C26H30N6O3/c1-31(2)25-22-5-3-4-6-23(22)29-26(30-25)28-20-12-7-19(8-13-20)17-27-24(33)16-11-18-9-14-21(15-10-18)32(34)35/h3-6,9-11,14-16,19-20H,7-8,12-13,17H2,1-2H3,(H,27,33)(H,28,29,30)/b16-11+/t19-,20+. The Hall–Kier alpha value is -4.01. The number of rotatable bonds is 8. The lowest BCUT2D eigenvalue weighted by Crippen LogP contribution is -2.33. The predicted octanol–water partition coefficient (Wildman–Crippen LogP) is 4.40. The van der Waals surface area contributed by atoms with Crippen molar-refractivity contribution in [3.05, 3.63) is 70.3 Å². The first-order chi connectivity index (χ1) is 16.9. The third-order valence-corrected chi connectivity index (χ3v) is 6.28. The summed E-state index contributed by atoms with van der Waals surface area (Å²) >= 11 is 0. The summed E-state index contributed by atoms with van der Waals surface area (Å²) in [6.45, 7) is 0.632. The van der Waals surface area contributed by atoms with Crippen LogP contribution < -0.4 is 15.5 Å². The van der Waals surface area contributed by atoms with Crippen LogP contribution in [0.2, 0.25) is 0 Å². The van der Waals surface area contributed by atoms with Gasteiger partial charge in [0, 0.05) is 50.3 Å². The fourth-order valence-corrected chi connectivity index (χ4v) is 4.34. The highest BCUT2D eigenvalue weighted by Crippen LogP contribution is 2.28. The van der Waals surface area contributed by atoms with Crippen molar-refractivity contribution >= 4 is 40.3 Å². The molecule has 1 aliphatic rings. The molecule has 4 rings (SSSR count). The number of nitro benzene ring substituents is 1. The number of benzene rings is 2. The van der Waals surface area contributed by atoms with Crippen molar-refractivity contribution in [2.24, 2.45) is 5.92 Å². The van der Waals surface area contributed by atoms with Gasteiger partial charge in [0.2, 0.25) is 11.9 Å². The molecule has 0 radical (unpaired) electrons. The minimum absolute atomic E-state index is 0.0296. The van der Waals surface area contributed by atoms with Crippen molar-refractivity contribution in [2.45, 2.75) is 31.7 Å². The molecule has 35 heavy (non-hydrogen) atoms. The molecule has 1 fully saturated rings. The van der Waals surface area contributed by atoms with Gasteiger partial charge in [-0.3, -0.25) is 14.9 Å². The first-order valence-corrected chi connectivity index (χ1v) is 11.8. The molecule has 1 aromatic heterocycles. The summed E-state index contributed by atoms with van der Waals surface area (Å²) in [5.74, 6) is 1.82. The van der Waals surface area contributed by atoms with E-state index in [1.54, 1.807) is 18.2 Å². The van der Waals surface area contributed by atoms with Crippen molar-refractivity contribution in [3.63, 3.8) is 0 Å². The second-order valence-electron chi connectivity index (χ2n) is 9.07. The van der Waals surface area contributed by atoms with E-state index >= 15 is 0 Å². The SMILES string of the molecule is CN(C)c1nc(N[C@H]2CC[C@@H](CNC(=O)/C=C/c3ccc([N+](=O)[O-])cc3)CC2)nc2ccccc12. The van der Waals surface area contributed by atoms with E-state index < -0.39 is 4.92 Å². The fourth-order valence-electron chi connectivity index (χ4n) is 4.34. The molecule has 0 atom stereocenters. The van der Waals surface area contributed by atoms with Crippen LogP contribution in [-0.2, 0) is 4.79 Å². The minimum Gasteiger partial charge on any atom is -0.362 e. The molecule has 0 bridgehead atoms. The molecule has 9 heteroatoms. The van der Waals surface area contributed by atoms with Crippen molar-refractivity contribution in [1.82, 2.24) is 15.3 Å². The zero-order valence-electron chi connectivity index (χ0n) is 20.0. The van der Waals surface area contributed by atoms with Crippen LogP contribution in [0.3, 0.4) is 0 Å². The van der Waals surface area contributed by atoms with Crippen LogP contribution in [-0.4, -0.2) is 47.5 Å². The molecule has 3 aromatic rings. The smallest absolute Gasteiger partial charge is 0.269 e. The number of non-ortho nitro benzene ring substituents is 1. The highest BCUT2D eigenvalue weighted by Gasteiger charge is 2.22. The molecule has 1 amide bonds. The summed E-state index contributed by atoms with van der Waals surface area (Å²) in [7, 11) is 3.97. The molecule has 2 N–H and O–H groups in total. The van der Waals surface area contributed by atoms with Crippen LogP contribution in [0, 0.1) is 16.0 Å². The molecular weight excluding hydrogens is 444 g/mol. The van der Waals surface area contributed by atoms with Crippen LogP contribution >= 0.6 is 0 Å². The third kappa shape index (κ3) is 6.32. The number of carbonyl (C=O) groups excluding carboxylic acids is 1. The molecule has 0 aliphatic heterocycles. The predicted molar refractivity (Wildman–Crippen MR) is 138 cm³/mol. The maximum Gasteiger partial charge on any atom is 0.269 e. The Morgan fingerprint density at radius 3 is 2.49 bits per heavy atom. The third-order valence-electron chi connectivity index (χ3n) is 6.28. The first kappa shape index (κ1) is 24.1. The maximum atomic E-state index is 12.2. The Balaban J connectivity index is 1.25. The van der Waals surface area contributed by atoms with E-state index in [0.717, 1.165) is 48.0 Å². The molecule has 0 spiro atoms. The number of amides is 1. The summed E-state index contributed by atoms with van der Waals surface area (Å²) in [6, 6.07) is 14.4. The summed E-state index contributed by atoms with van der Waals surface area (Å²) in [6.07, 6.45) is 7.13. The van der Waals surface area contributed by atoms with E-state index in [9.17, 15) is 14.9 Å². The summed E-state index contributed by atoms with van der Waals surface area (Å²) < 4.78 is 0. The van der Waals surface area contributed by atoms with Gasteiger partial charge in [-0.2, -0.15) is 4.98 Å². The number of carbonyl (C=O) groups is 1. The summed E-state index contributed by atoms with van der Waals surface area (Å²) in [5.41, 5.74) is 1.69. The van der Waals surface area contributed by atoms with E-state index in [-0.39, 0.29) is 11.6 Å². The lowest BCUT2D eigenvalue weighted by molar-refractivity contribution is -0.384. The molecule has 1 heterocycles. The second-order valence-corrected chi connectivity index (χ2v) is 9.07. The van der Waals surface area contributed by atoms with Gasteiger partial charge >= 0.3 is 0 Å². The number of hydrogen-bond acceptors (Lipinski definition) is 7. The topological polar surface area (TPSA) is 113 Å². The van der Waals surface area contributed by atoms with E-state index in [2.05, 4.69) is 10.6 Å². The summed E-state index contributed by atoms with van der Waals surface area (Å²) in [5, 5.41) is 18.2. The van der Waals surface area contributed by atoms with Gasteiger partial charge in [-0.05, 0) is 67.5 Å². The van der Waals surface area contributed by atoms with Gasteiger partial charge in [0.15, 0.2) is 0 Å². The normalized spacial score (nSPS) is 17.9. The van der Waals surface area contributed by atoms with Gasteiger partial charge < -0.3 is 15.5 Å². The van der Waals surface area contributed by atoms with E-state index in [0.29, 0.717) is 24.5 Å². The summed E-state index contributed by atoms with van der Waals surface area (Å²) in [4.78, 5) is 33.9. The van der Waals surface area contributed by atoms with Gasteiger partial charge in [-0.25, -0.2) is 4.98 Å². The van der Waals surface area contributed by atoms with Crippen molar-refractivity contribution < 1.29 is 9.72 Å². The number of nitrogens with one attached hydrogen (secondary N) is 2. The Morgan fingerprint density at radius 2 is 1.80 bits per heavy atom. The quantitative estimate of drug-likeness (QED) is 0.282. The van der Waals surface area contributed by atoms with Gasteiger partial charge in [-0.1, -0.05) is 12.1 Å². The molecule has 182 valence electrons. The number of nitro groups is 1. The monoisotopic (exact) mass is 474 g/mol. The lowest BCUT2D eigenvalue weighted by Gasteiger charge is -2.29. The maximum absolute atomic E-state index is 12.2. The molecule has 0 unspecified atom stereocenters. The number of anilines is 2. The van der Waals surface area contributed by atoms with Crippen molar-refractivity contribution in [1.29, 1.82) is 0 Å². The average molecular weight is 475 g/mol. The Bertz CT molecular complexity index is 1220. The lowest BCUT2D eigenvalue weighted by atomic mass is 9.86. The molecule has 2 aromatic carbocycles. The van der Waals surface area contributed by atoms with Gasteiger partial charge in [0.25, 0.3) is 5.69 Å². The fraction of sp³-hybridized carbons (Fsp3) is 0.346. The molecule has 1 saturated carbocycles. The number of fused-ring (bicyclic) bond motifs is 1. The molecular formula is C26H30N6O3. The van der Waals surface area contributed by atoms with Gasteiger partial charge in [-0.15, -0.1) is 0 Å². The second kappa shape index (κ2) is 10.9. The Morgan fingerprint density at radius 1 is 1.09 bits per heavy atom. The van der Waals surface area contributed by atoms with Crippen LogP contribution in [0.1, 0.15) is 31.2 Å². The van der Waals surface area contributed by atoms with Gasteiger partial charge in [0.05, 0.1) is 10.4 Å². The highest BCUT2D eigenvalue weighted by atomic mass is 16.6. The number of aromatic nitrogens is 2. The van der Waals surface area contributed by atoms with Crippen LogP contribution in [0.15, 0.2) is 54.6 Å². The largest absolute Gasteiger partial charge is 0.362 e. The van der Waals surface area contributed by atoms with Crippen LogP contribution in [0.4, 0.5) is 17.5 Å². The van der Waals surface area contributed by atoms with E-state index in [1.165, 1.54) is 18.2 Å². The molecule has 1 aliphatic carbocycles. The number of para-hydroxylation sites is 1. The van der Waals surface area contributed by atoms with Crippen molar-refractivity contribution in [3.8, 4) is 0 Å². The Kier molecular flexibility index (Phi) is 7.54. The minimum atomic E-state index is -0.444. The van der Waals surface area contributed by atoms with E-state index in [1.807, 2.05) is 43.3 Å². The molecule has 0 saturated heterocycles. The number of hydrogen-bond donors (Lipinski definition) is 2. The van der Waals surface area contributed by atoms with Crippen LogP contribution in [0.5, 0.6) is 0 Å².